The first kappa shape index (κ1) is 14.7. The number of rotatable bonds is 2. The first-order valence-corrected chi connectivity index (χ1v) is 7.57. The van der Waals surface area contributed by atoms with E-state index in [1.807, 2.05) is 37.4 Å². The van der Waals surface area contributed by atoms with E-state index in [9.17, 15) is 4.79 Å². The predicted octanol–water partition coefficient (Wildman–Crippen LogP) is 3.38. The van der Waals surface area contributed by atoms with Crippen LogP contribution in [0.1, 0.15) is 41.0 Å². The molecule has 0 spiro atoms. The molecule has 0 aromatic heterocycles. The van der Waals surface area contributed by atoms with Crippen molar-refractivity contribution in [3.63, 3.8) is 0 Å². The predicted molar refractivity (Wildman–Crippen MR) is 73.5 cm³/mol. The molecule has 1 aliphatic rings. The summed E-state index contributed by atoms with van der Waals surface area (Å²) in [6.45, 7) is 10.9. The second-order valence-electron chi connectivity index (χ2n) is 5.97. The summed E-state index contributed by atoms with van der Waals surface area (Å²) in [5.41, 5.74) is -0.407. The molecule has 1 fully saturated rings. The van der Waals surface area contributed by atoms with E-state index in [1.54, 1.807) is 0 Å². The minimum absolute atomic E-state index is 0.159. The highest BCUT2D eigenvalue weighted by Gasteiger charge is 2.40. The molecule has 1 rings (SSSR count). The molecular weight excluding hydrogens is 234 g/mol. The Labute approximate surface area is 109 Å². The molecule has 3 nitrogen and oxygen atoms in total. The monoisotopic (exact) mass is 259 g/mol. The second kappa shape index (κ2) is 5.51. The van der Waals surface area contributed by atoms with Crippen LogP contribution in [0.25, 0.3) is 0 Å². The Hall–Kier alpha value is -0.380. The topological polar surface area (TPSA) is 29.5 Å². The molecule has 17 heavy (non-hydrogen) atoms. The maximum absolute atomic E-state index is 12.1. The summed E-state index contributed by atoms with van der Waals surface area (Å²) in [7, 11) is 0. The van der Waals surface area contributed by atoms with Gasteiger partial charge in [0.25, 0.3) is 0 Å². The number of thioether (sulfide) groups is 1. The number of amides is 1. The fourth-order valence-electron chi connectivity index (χ4n) is 2.37. The number of ether oxygens (including phenoxy) is 1. The van der Waals surface area contributed by atoms with Crippen molar-refractivity contribution in [2.75, 3.05) is 12.8 Å². The molecule has 0 aromatic rings. The summed E-state index contributed by atoms with van der Waals surface area (Å²) < 4.78 is 5.47. The van der Waals surface area contributed by atoms with Gasteiger partial charge in [-0.15, -0.1) is 0 Å². The minimum atomic E-state index is -0.407. The number of hydrogen-bond acceptors (Lipinski definition) is 3. The van der Waals surface area contributed by atoms with Crippen LogP contribution in [0.3, 0.4) is 0 Å². The fourth-order valence-corrected chi connectivity index (χ4v) is 3.45. The molecular formula is C13H25NO2S. The average molecular weight is 259 g/mol. The largest absolute Gasteiger partial charge is 0.444 e. The van der Waals surface area contributed by atoms with Gasteiger partial charge in [0.2, 0.25) is 0 Å². The van der Waals surface area contributed by atoms with Crippen molar-refractivity contribution in [2.45, 2.75) is 57.9 Å². The average Bonchev–Trinajstić information content (AvgIpc) is 2.57. The van der Waals surface area contributed by atoms with Crippen molar-refractivity contribution < 1.29 is 9.53 Å². The van der Waals surface area contributed by atoms with Gasteiger partial charge in [0, 0.05) is 17.8 Å². The van der Waals surface area contributed by atoms with Gasteiger partial charge in [-0.3, -0.25) is 0 Å². The Morgan fingerprint density at radius 3 is 2.41 bits per heavy atom. The van der Waals surface area contributed by atoms with Gasteiger partial charge in [0.05, 0.1) is 0 Å². The summed E-state index contributed by atoms with van der Waals surface area (Å²) in [5.74, 6) is 0.475. The molecule has 0 radical (unpaired) electrons. The van der Waals surface area contributed by atoms with Gasteiger partial charge in [0.1, 0.15) is 5.60 Å². The first-order valence-electron chi connectivity index (χ1n) is 6.28. The van der Waals surface area contributed by atoms with E-state index in [4.69, 9.17) is 4.74 Å². The lowest BCUT2D eigenvalue weighted by molar-refractivity contribution is 0.0193. The van der Waals surface area contributed by atoms with Crippen molar-refractivity contribution in [1.82, 2.24) is 4.90 Å². The molecule has 100 valence electrons. The second-order valence-corrected chi connectivity index (χ2v) is 7.05. The number of hydrogen-bond donors (Lipinski definition) is 0. The van der Waals surface area contributed by atoms with Crippen molar-refractivity contribution in [2.24, 2.45) is 5.92 Å². The molecule has 0 bridgehead atoms. The number of nitrogens with zero attached hydrogens (tertiary/aromatic N) is 1. The van der Waals surface area contributed by atoms with E-state index >= 15 is 0 Å². The zero-order chi connectivity index (χ0) is 13.2. The quantitative estimate of drug-likeness (QED) is 0.761. The summed E-state index contributed by atoms with van der Waals surface area (Å²) >= 11 is 1.86. The van der Waals surface area contributed by atoms with Crippen LogP contribution in [0.2, 0.25) is 0 Å². The lowest BCUT2D eigenvalue weighted by Crippen LogP contribution is -2.44. The highest BCUT2D eigenvalue weighted by Crippen LogP contribution is 2.32. The van der Waals surface area contributed by atoms with Crippen molar-refractivity contribution in [3.05, 3.63) is 0 Å². The molecule has 1 amide bonds. The Morgan fingerprint density at radius 2 is 2.00 bits per heavy atom. The van der Waals surface area contributed by atoms with E-state index in [2.05, 4.69) is 20.1 Å². The minimum Gasteiger partial charge on any atom is -0.444 e. The molecule has 0 aromatic carbocycles. The van der Waals surface area contributed by atoms with Gasteiger partial charge >= 0.3 is 6.09 Å². The van der Waals surface area contributed by atoms with Crippen LogP contribution in [0.5, 0.6) is 0 Å². The third-order valence-corrected chi connectivity index (χ3v) is 4.13. The van der Waals surface area contributed by atoms with Gasteiger partial charge in [-0.05, 0) is 39.4 Å². The summed E-state index contributed by atoms with van der Waals surface area (Å²) in [5, 5.41) is 0.544. The summed E-state index contributed by atoms with van der Waals surface area (Å²) in [6, 6.07) is 0.305. The SMILES string of the molecule is CSC1CCN(C(=O)OC(C)(C)C)C1C(C)C. The van der Waals surface area contributed by atoms with Crippen LogP contribution in [0, 0.1) is 5.92 Å². The molecule has 1 aliphatic heterocycles. The van der Waals surface area contributed by atoms with Crippen molar-refractivity contribution in [1.29, 1.82) is 0 Å². The van der Waals surface area contributed by atoms with E-state index < -0.39 is 5.60 Å². The van der Waals surface area contributed by atoms with E-state index in [0.29, 0.717) is 17.2 Å². The highest BCUT2D eigenvalue weighted by atomic mass is 32.2. The number of carbonyl (C=O) groups excluding carboxylic acids is 1. The zero-order valence-corrected chi connectivity index (χ0v) is 12.6. The summed E-state index contributed by atoms with van der Waals surface area (Å²) in [4.78, 5) is 14.0. The molecule has 0 saturated carbocycles. The normalized spacial score (nSPS) is 25.5. The Morgan fingerprint density at radius 1 is 1.41 bits per heavy atom. The van der Waals surface area contributed by atoms with Crippen LogP contribution in [-0.2, 0) is 4.74 Å². The van der Waals surface area contributed by atoms with E-state index in [0.717, 1.165) is 13.0 Å². The molecule has 0 N–H and O–H groups in total. The van der Waals surface area contributed by atoms with Crippen molar-refractivity contribution in [3.8, 4) is 0 Å². The standard InChI is InChI=1S/C13H25NO2S/c1-9(2)11-10(17-6)7-8-14(11)12(15)16-13(3,4)5/h9-11H,7-8H2,1-6H3. The number of carbonyl (C=O) groups is 1. The lowest BCUT2D eigenvalue weighted by atomic mass is 10.0. The lowest BCUT2D eigenvalue weighted by Gasteiger charge is -2.32. The van der Waals surface area contributed by atoms with Crippen LogP contribution in [0.4, 0.5) is 4.79 Å². The van der Waals surface area contributed by atoms with Gasteiger partial charge in [-0.25, -0.2) is 4.79 Å². The number of likely N-dealkylation sites (tertiary alicyclic amines) is 1. The Bertz CT molecular complexity index is 273. The molecule has 0 aliphatic carbocycles. The molecule has 2 unspecified atom stereocenters. The maximum atomic E-state index is 12.1. The Kier molecular flexibility index (Phi) is 4.76. The van der Waals surface area contributed by atoms with Crippen LogP contribution < -0.4 is 0 Å². The van der Waals surface area contributed by atoms with Crippen LogP contribution in [-0.4, -0.2) is 40.7 Å². The first-order chi connectivity index (χ1) is 7.76. The third kappa shape index (κ3) is 3.80. The van der Waals surface area contributed by atoms with E-state index in [-0.39, 0.29) is 6.09 Å². The van der Waals surface area contributed by atoms with Gasteiger partial charge in [0.15, 0.2) is 0 Å². The van der Waals surface area contributed by atoms with Gasteiger partial charge < -0.3 is 9.64 Å². The third-order valence-electron chi connectivity index (χ3n) is 3.01. The maximum Gasteiger partial charge on any atom is 0.410 e. The molecule has 1 heterocycles. The zero-order valence-electron chi connectivity index (χ0n) is 11.8. The fraction of sp³-hybridized carbons (Fsp3) is 0.923. The molecule has 1 saturated heterocycles. The Balaban J connectivity index is 2.73. The molecule has 2 atom stereocenters. The van der Waals surface area contributed by atoms with Crippen LogP contribution in [0.15, 0.2) is 0 Å². The molecule has 4 heteroatoms. The van der Waals surface area contributed by atoms with Crippen LogP contribution >= 0.6 is 11.8 Å². The smallest absolute Gasteiger partial charge is 0.410 e. The van der Waals surface area contributed by atoms with E-state index in [1.165, 1.54) is 0 Å². The highest BCUT2D eigenvalue weighted by molar-refractivity contribution is 7.99. The summed E-state index contributed by atoms with van der Waals surface area (Å²) in [6.07, 6.45) is 3.04. The van der Waals surface area contributed by atoms with Gasteiger partial charge in [-0.2, -0.15) is 11.8 Å². The van der Waals surface area contributed by atoms with Crippen molar-refractivity contribution >= 4 is 17.9 Å². The van der Waals surface area contributed by atoms with Gasteiger partial charge in [-0.1, -0.05) is 13.8 Å².